The van der Waals surface area contributed by atoms with Gasteiger partial charge in [0.05, 0.1) is 12.4 Å². The Labute approximate surface area is 191 Å². The van der Waals surface area contributed by atoms with Crippen LogP contribution in [0.2, 0.25) is 0 Å². The number of piperidine rings is 1. The third-order valence-corrected chi connectivity index (χ3v) is 8.76. The predicted molar refractivity (Wildman–Crippen MR) is 119 cm³/mol. The molecule has 1 aromatic rings. The van der Waals surface area contributed by atoms with E-state index in [0.717, 1.165) is 42.4 Å². The van der Waals surface area contributed by atoms with Gasteiger partial charge < -0.3 is 19.4 Å². The average Bonchev–Trinajstić information content (AvgIpc) is 3.31. The number of carbonyl (C=O) groups is 3. The van der Waals surface area contributed by atoms with Crippen molar-refractivity contribution in [2.45, 2.75) is 37.4 Å². The lowest BCUT2D eigenvalue weighted by Gasteiger charge is -2.36. The van der Waals surface area contributed by atoms with Gasteiger partial charge in [-0.2, -0.15) is 0 Å². The van der Waals surface area contributed by atoms with Crippen LogP contribution in [0.5, 0.6) is 0 Å². The molecule has 0 aromatic carbocycles. The number of rotatable bonds is 5. The first-order valence-electron chi connectivity index (χ1n) is 10.9. The SMILES string of the molecule is CCOC(=O)N1CCN(C(=O)C2CC23CCN(C(=O)CSc2nc(C)cs2)CC3)CC1. The van der Waals surface area contributed by atoms with Crippen molar-refractivity contribution in [3.8, 4) is 0 Å². The number of hydrogen-bond donors (Lipinski definition) is 0. The van der Waals surface area contributed by atoms with Crippen molar-refractivity contribution in [1.29, 1.82) is 0 Å². The highest BCUT2D eigenvalue weighted by Crippen LogP contribution is 2.60. The number of hydrogen-bond acceptors (Lipinski definition) is 7. The molecular weight excluding hydrogens is 436 g/mol. The first-order valence-corrected chi connectivity index (χ1v) is 12.8. The average molecular weight is 467 g/mol. The summed E-state index contributed by atoms with van der Waals surface area (Å²) in [6, 6.07) is 0. The second kappa shape index (κ2) is 9.36. The van der Waals surface area contributed by atoms with Crippen LogP contribution in [0, 0.1) is 18.3 Å². The highest BCUT2D eigenvalue weighted by Gasteiger charge is 2.59. The van der Waals surface area contributed by atoms with Gasteiger partial charge in [-0.15, -0.1) is 11.3 Å². The van der Waals surface area contributed by atoms with E-state index in [1.54, 1.807) is 23.2 Å². The van der Waals surface area contributed by atoms with Crippen molar-refractivity contribution in [1.82, 2.24) is 19.7 Å². The lowest BCUT2D eigenvalue weighted by atomic mass is 9.90. The summed E-state index contributed by atoms with van der Waals surface area (Å²) in [5, 5.41) is 2.00. The summed E-state index contributed by atoms with van der Waals surface area (Å²) in [6.07, 6.45) is 2.44. The summed E-state index contributed by atoms with van der Waals surface area (Å²) in [6.45, 7) is 7.79. The van der Waals surface area contributed by atoms with Crippen molar-refractivity contribution < 1.29 is 19.1 Å². The number of ether oxygens (including phenoxy) is 1. The first kappa shape index (κ1) is 22.4. The third kappa shape index (κ3) is 5.00. The van der Waals surface area contributed by atoms with Crippen LogP contribution >= 0.6 is 23.1 Å². The van der Waals surface area contributed by atoms with Crippen LogP contribution in [0.25, 0.3) is 0 Å². The van der Waals surface area contributed by atoms with Crippen LogP contribution in [-0.4, -0.2) is 89.2 Å². The Balaban J connectivity index is 1.20. The standard InChI is InChI=1S/C21H30N4O4S2/c1-3-29-20(28)25-10-8-24(9-11-25)18(27)16-12-21(16)4-6-23(7-5-21)17(26)14-31-19-22-15(2)13-30-19/h13,16H,3-12,14H2,1-2H3. The number of thiazole rings is 1. The number of likely N-dealkylation sites (tertiary alicyclic amines) is 1. The van der Waals surface area contributed by atoms with Gasteiger partial charge in [0.15, 0.2) is 4.34 Å². The molecular formula is C21H30N4O4S2. The lowest BCUT2D eigenvalue weighted by Crippen LogP contribution is -2.51. The molecule has 1 aromatic heterocycles. The minimum absolute atomic E-state index is 0.0751. The molecule has 31 heavy (non-hydrogen) atoms. The van der Waals surface area contributed by atoms with E-state index in [-0.39, 0.29) is 29.2 Å². The summed E-state index contributed by atoms with van der Waals surface area (Å²) in [7, 11) is 0. The number of amides is 3. The summed E-state index contributed by atoms with van der Waals surface area (Å²) in [5.74, 6) is 0.878. The smallest absolute Gasteiger partial charge is 0.409 e. The molecule has 1 spiro atoms. The van der Waals surface area contributed by atoms with Crippen molar-refractivity contribution >= 4 is 41.0 Å². The Morgan fingerprint density at radius 1 is 1.13 bits per heavy atom. The van der Waals surface area contributed by atoms with Crippen LogP contribution in [0.3, 0.4) is 0 Å². The van der Waals surface area contributed by atoms with Gasteiger partial charge in [0.1, 0.15) is 0 Å². The Kier molecular flexibility index (Phi) is 6.76. The Morgan fingerprint density at radius 2 is 1.81 bits per heavy atom. The second-order valence-corrected chi connectivity index (χ2v) is 10.6. The van der Waals surface area contributed by atoms with Gasteiger partial charge in [-0.25, -0.2) is 9.78 Å². The maximum absolute atomic E-state index is 13.0. The number of piperazine rings is 1. The maximum Gasteiger partial charge on any atom is 0.409 e. The molecule has 0 N–H and O–H groups in total. The fourth-order valence-electron chi connectivity index (χ4n) is 4.61. The van der Waals surface area contributed by atoms with E-state index in [4.69, 9.17) is 4.74 Å². The lowest BCUT2D eigenvalue weighted by molar-refractivity contribution is -0.135. The molecule has 1 unspecified atom stereocenters. The largest absolute Gasteiger partial charge is 0.450 e. The first-order chi connectivity index (χ1) is 14.9. The van der Waals surface area contributed by atoms with Crippen LogP contribution < -0.4 is 0 Å². The minimum atomic E-state index is -0.294. The molecule has 1 atom stereocenters. The summed E-state index contributed by atoms with van der Waals surface area (Å²) in [4.78, 5) is 47.3. The van der Waals surface area contributed by atoms with Crippen LogP contribution in [0.15, 0.2) is 9.72 Å². The van der Waals surface area contributed by atoms with Gasteiger partial charge >= 0.3 is 6.09 Å². The van der Waals surface area contributed by atoms with Crippen molar-refractivity contribution in [2.24, 2.45) is 11.3 Å². The van der Waals surface area contributed by atoms with Gasteiger partial charge in [0, 0.05) is 56.3 Å². The Morgan fingerprint density at radius 3 is 2.42 bits per heavy atom. The van der Waals surface area contributed by atoms with Gasteiger partial charge in [0.25, 0.3) is 0 Å². The van der Waals surface area contributed by atoms with Gasteiger partial charge in [-0.3, -0.25) is 9.59 Å². The second-order valence-electron chi connectivity index (χ2n) is 8.55. The highest BCUT2D eigenvalue weighted by atomic mass is 32.2. The van der Waals surface area contributed by atoms with Gasteiger partial charge in [-0.05, 0) is 38.5 Å². The van der Waals surface area contributed by atoms with Crippen molar-refractivity contribution in [3.63, 3.8) is 0 Å². The number of nitrogens with zero attached hydrogens (tertiary/aromatic N) is 4. The molecule has 1 aliphatic carbocycles. The van der Waals surface area contributed by atoms with E-state index in [1.165, 1.54) is 11.8 Å². The van der Waals surface area contributed by atoms with E-state index in [2.05, 4.69) is 4.98 Å². The normalized spacial score (nSPS) is 22.5. The molecule has 8 nitrogen and oxygen atoms in total. The van der Waals surface area contributed by atoms with E-state index in [0.29, 0.717) is 38.5 Å². The molecule has 3 aliphatic rings. The quantitative estimate of drug-likeness (QED) is 0.620. The molecule has 0 radical (unpaired) electrons. The number of aromatic nitrogens is 1. The zero-order valence-corrected chi connectivity index (χ0v) is 19.8. The fourth-order valence-corrected chi connectivity index (χ4v) is 6.36. The summed E-state index contributed by atoms with van der Waals surface area (Å²) < 4.78 is 5.99. The molecule has 3 amide bonds. The fraction of sp³-hybridized carbons (Fsp3) is 0.714. The molecule has 4 rings (SSSR count). The molecule has 0 bridgehead atoms. The predicted octanol–water partition coefficient (Wildman–Crippen LogP) is 2.47. The van der Waals surface area contributed by atoms with E-state index in [1.807, 2.05) is 22.1 Å². The Hall–Kier alpha value is -1.81. The third-order valence-electron chi connectivity index (χ3n) is 6.63. The minimum Gasteiger partial charge on any atom is -0.450 e. The molecule has 1 saturated carbocycles. The highest BCUT2D eigenvalue weighted by molar-refractivity contribution is 8.01. The van der Waals surface area contributed by atoms with E-state index >= 15 is 0 Å². The summed E-state index contributed by atoms with van der Waals surface area (Å²) in [5.41, 5.74) is 1.07. The molecule has 170 valence electrons. The maximum atomic E-state index is 13.0. The van der Waals surface area contributed by atoms with Gasteiger partial charge in [-0.1, -0.05) is 11.8 Å². The van der Waals surface area contributed by atoms with Crippen LogP contribution in [-0.2, 0) is 14.3 Å². The molecule has 2 aliphatic heterocycles. The monoisotopic (exact) mass is 466 g/mol. The molecule has 10 heteroatoms. The molecule has 3 heterocycles. The Bertz CT molecular complexity index is 829. The van der Waals surface area contributed by atoms with Crippen molar-refractivity contribution in [2.75, 3.05) is 51.6 Å². The van der Waals surface area contributed by atoms with E-state index in [9.17, 15) is 14.4 Å². The van der Waals surface area contributed by atoms with Crippen LogP contribution in [0.1, 0.15) is 31.9 Å². The molecule has 2 saturated heterocycles. The van der Waals surface area contributed by atoms with Crippen molar-refractivity contribution in [3.05, 3.63) is 11.1 Å². The number of thioether (sulfide) groups is 1. The van der Waals surface area contributed by atoms with Crippen LogP contribution in [0.4, 0.5) is 4.79 Å². The zero-order chi connectivity index (χ0) is 22.0. The summed E-state index contributed by atoms with van der Waals surface area (Å²) >= 11 is 3.09. The topological polar surface area (TPSA) is 83.0 Å². The van der Waals surface area contributed by atoms with E-state index < -0.39 is 0 Å². The number of carbonyl (C=O) groups excluding carboxylic acids is 3. The molecule has 3 fully saturated rings. The number of aryl methyl sites for hydroxylation is 1. The van der Waals surface area contributed by atoms with Gasteiger partial charge in [0.2, 0.25) is 11.8 Å². The zero-order valence-electron chi connectivity index (χ0n) is 18.2.